The number of carbonyl (C=O) groups is 2. The number of aromatic nitrogens is 3. The molecule has 0 radical (unpaired) electrons. The Hall–Kier alpha value is -3.49. The molecule has 1 fully saturated rings. The highest BCUT2D eigenvalue weighted by Crippen LogP contribution is 2.30. The van der Waals surface area contributed by atoms with Crippen LogP contribution in [-0.4, -0.2) is 68.7 Å². The van der Waals surface area contributed by atoms with Crippen LogP contribution in [0.2, 0.25) is 0 Å². The van der Waals surface area contributed by atoms with Gasteiger partial charge in [-0.2, -0.15) is 0 Å². The molecular formula is C20H21FN6O2. The number of halogens is 1. The number of piperazine rings is 1. The van der Waals surface area contributed by atoms with Crippen LogP contribution < -0.4 is 5.32 Å². The number of amides is 2. The van der Waals surface area contributed by atoms with Crippen LogP contribution >= 0.6 is 0 Å². The molecule has 0 bridgehead atoms. The van der Waals surface area contributed by atoms with Crippen molar-refractivity contribution in [1.82, 2.24) is 24.2 Å². The van der Waals surface area contributed by atoms with E-state index >= 15 is 0 Å². The second-order valence-corrected chi connectivity index (χ2v) is 6.83. The summed E-state index contributed by atoms with van der Waals surface area (Å²) >= 11 is 0. The number of carbonyl (C=O) groups excluding carboxylic acids is 2. The highest BCUT2D eigenvalue weighted by atomic mass is 19.1. The number of hydrogen-bond donors (Lipinski definition) is 1. The van der Waals surface area contributed by atoms with Gasteiger partial charge in [-0.15, -0.1) is 0 Å². The largest absolute Gasteiger partial charge is 0.360 e. The van der Waals surface area contributed by atoms with E-state index in [4.69, 9.17) is 0 Å². The fourth-order valence-corrected chi connectivity index (χ4v) is 3.46. The lowest BCUT2D eigenvalue weighted by Crippen LogP contribution is -2.51. The molecule has 8 nitrogen and oxygen atoms in total. The first kappa shape index (κ1) is 18.9. The molecule has 0 spiro atoms. The molecule has 29 heavy (non-hydrogen) atoms. The topological polar surface area (TPSA) is 82.8 Å². The minimum absolute atomic E-state index is 0.0177. The number of rotatable bonds is 4. The summed E-state index contributed by atoms with van der Waals surface area (Å²) in [5.41, 5.74) is 1.32. The first-order valence-electron chi connectivity index (χ1n) is 9.38. The number of benzene rings is 1. The Labute approximate surface area is 167 Å². The molecule has 2 aromatic heterocycles. The lowest BCUT2D eigenvalue weighted by Gasteiger charge is -2.34. The van der Waals surface area contributed by atoms with E-state index in [2.05, 4.69) is 15.3 Å². The van der Waals surface area contributed by atoms with Gasteiger partial charge in [0.2, 0.25) is 11.8 Å². The molecule has 3 heterocycles. The lowest BCUT2D eigenvalue weighted by molar-refractivity contribution is -0.137. The highest BCUT2D eigenvalue weighted by molar-refractivity contribution is 5.84. The summed E-state index contributed by atoms with van der Waals surface area (Å²) in [6.07, 6.45) is 4.90. The summed E-state index contributed by atoms with van der Waals surface area (Å²) in [5.74, 6) is 0.0719. The van der Waals surface area contributed by atoms with Crippen LogP contribution in [0.5, 0.6) is 0 Å². The van der Waals surface area contributed by atoms with Gasteiger partial charge in [0, 0.05) is 51.1 Å². The maximum absolute atomic E-state index is 14.4. The maximum atomic E-state index is 14.4. The third kappa shape index (κ3) is 3.75. The van der Waals surface area contributed by atoms with Crippen molar-refractivity contribution in [2.45, 2.75) is 6.92 Å². The summed E-state index contributed by atoms with van der Waals surface area (Å²) < 4.78 is 16.1. The predicted molar refractivity (Wildman–Crippen MR) is 106 cm³/mol. The van der Waals surface area contributed by atoms with Crippen molar-refractivity contribution in [3.63, 3.8) is 0 Å². The van der Waals surface area contributed by atoms with Crippen LogP contribution in [0.25, 0.3) is 16.9 Å². The standard InChI is InChI=1S/C20H21FN6O2/c1-14(28)25-8-10-26(11-9-25)18(29)13-23-20-19(15-4-2-3-5-16(15)21)24-17-12-22-6-7-27(17)20/h2-7,12,23H,8-11,13H2,1H3. The molecule has 0 aliphatic carbocycles. The monoisotopic (exact) mass is 396 g/mol. The van der Waals surface area contributed by atoms with Crippen molar-refractivity contribution in [1.29, 1.82) is 0 Å². The number of anilines is 1. The SMILES string of the molecule is CC(=O)N1CCN(C(=O)CNc2c(-c3ccccc3F)nc3cnccn23)CC1. The summed E-state index contributed by atoms with van der Waals surface area (Å²) in [6.45, 7) is 3.63. The Kier molecular flexibility index (Phi) is 5.11. The van der Waals surface area contributed by atoms with E-state index in [-0.39, 0.29) is 18.4 Å². The highest BCUT2D eigenvalue weighted by Gasteiger charge is 2.23. The molecule has 4 rings (SSSR count). The zero-order chi connectivity index (χ0) is 20.4. The zero-order valence-electron chi connectivity index (χ0n) is 16.0. The Morgan fingerprint density at radius 3 is 2.59 bits per heavy atom. The fraction of sp³-hybridized carbons (Fsp3) is 0.300. The van der Waals surface area contributed by atoms with E-state index in [0.29, 0.717) is 48.9 Å². The number of imidazole rings is 1. The summed E-state index contributed by atoms with van der Waals surface area (Å²) in [5, 5.41) is 3.13. The Morgan fingerprint density at radius 1 is 1.14 bits per heavy atom. The molecule has 9 heteroatoms. The smallest absolute Gasteiger partial charge is 0.242 e. The van der Waals surface area contributed by atoms with Crippen molar-refractivity contribution in [3.05, 3.63) is 48.7 Å². The lowest BCUT2D eigenvalue weighted by atomic mass is 10.1. The second-order valence-electron chi connectivity index (χ2n) is 6.83. The number of fused-ring (bicyclic) bond motifs is 1. The van der Waals surface area contributed by atoms with Gasteiger partial charge < -0.3 is 15.1 Å². The molecule has 1 aromatic carbocycles. The normalized spacial score (nSPS) is 14.3. The summed E-state index contributed by atoms with van der Waals surface area (Å²) in [6, 6.07) is 6.39. The van der Waals surface area contributed by atoms with Gasteiger partial charge in [0.05, 0.1) is 12.7 Å². The minimum atomic E-state index is -0.390. The van der Waals surface area contributed by atoms with Crippen LogP contribution in [0.4, 0.5) is 10.2 Å². The first-order chi connectivity index (χ1) is 14.0. The van der Waals surface area contributed by atoms with E-state index in [1.54, 1.807) is 51.0 Å². The molecule has 1 aliphatic heterocycles. The third-order valence-electron chi connectivity index (χ3n) is 5.04. The van der Waals surface area contributed by atoms with E-state index in [1.807, 2.05) is 0 Å². The van der Waals surface area contributed by atoms with Gasteiger partial charge in [-0.1, -0.05) is 12.1 Å². The van der Waals surface area contributed by atoms with Crippen molar-refractivity contribution in [3.8, 4) is 11.3 Å². The van der Waals surface area contributed by atoms with E-state index in [9.17, 15) is 14.0 Å². The van der Waals surface area contributed by atoms with Gasteiger partial charge in [0.25, 0.3) is 0 Å². The van der Waals surface area contributed by atoms with E-state index in [1.165, 1.54) is 13.0 Å². The third-order valence-corrected chi connectivity index (χ3v) is 5.04. The van der Waals surface area contributed by atoms with Crippen molar-refractivity contribution in [2.24, 2.45) is 0 Å². The average Bonchev–Trinajstić information content (AvgIpc) is 3.10. The summed E-state index contributed by atoms with van der Waals surface area (Å²) in [4.78, 5) is 36.1. The second kappa shape index (κ2) is 7.86. The molecule has 2 amide bonds. The Morgan fingerprint density at radius 2 is 1.86 bits per heavy atom. The molecular weight excluding hydrogens is 375 g/mol. The molecule has 0 unspecified atom stereocenters. The Bertz CT molecular complexity index is 1060. The van der Waals surface area contributed by atoms with Crippen LogP contribution in [0.15, 0.2) is 42.9 Å². The summed E-state index contributed by atoms with van der Waals surface area (Å²) in [7, 11) is 0. The van der Waals surface area contributed by atoms with E-state index < -0.39 is 5.82 Å². The van der Waals surface area contributed by atoms with Crippen LogP contribution in [0, 0.1) is 5.82 Å². The van der Waals surface area contributed by atoms with Gasteiger partial charge >= 0.3 is 0 Å². The number of hydrogen-bond acceptors (Lipinski definition) is 5. The minimum Gasteiger partial charge on any atom is -0.360 e. The molecule has 150 valence electrons. The first-order valence-corrected chi connectivity index (χ1v) is 9.38. The van der Waals surface area contributed by atoms with Crippen LogP contribution in [-0.2, 0) is 9.59 Å². The molecule has 1 N–H and O–H groups in total. The Balaban J connectivity index is 1.55. The van der Waals surface area contributed by atoms with Crippen molar-refractivity contribution >= 4 is 23.3 Å². The van der Waals surface area contributed by atoms with Gasteiger partial charge in [0.1, 0.15) is 17.3 Å². The number of nitrogens with one attached hydrogen (secondary N) is 1. The van der Waals surface area contributed by atoms with Crippen molar-refractivity contribution in [2.75, 3.05) is 38.0 Å². The predicted octanol–water partition coefficient (Wildman–Crippen LogP) is 1.64. The van der Waals surface area contributed by atoms with Gasteiger partial charge in [0.15, 0.2) is 5.65 Å². The van der Waals surface area contributed by atoms with Gasteiger partial charge in [-0.25, -0.2) is 9.37 Å². The average molecular weight is 396 g/mol. The molecule has 0 saturated carbocycles. The van der Waals surface area contributed by atoms with Gasteiger partial charge in [-0.3, -0.25) is 19.0 Å². The van der Waals surface area contributed by atoms with Gasteiger partial charge in [-0.05, 0) is 12.1 Å². The molecule has 1 aliphatic rings. The van der Waals surface area contributed by atoms with Crippen molar-refractivity contribution < 1.29 is 14.0 Å². The zero-order valence-corrected chi connectivity index (χ0v) is 16.0. The molecule has 1 saturated heterocycles. The van der Waals surface area contributed by atoms with E-state index in [0.717, 1.165) is 0 Å². The van der Waals surface area contributed by atoms with Crippen LogP contribution in [0.3, 0.4) is 0 Å². The quantitative estimate of drug-likeness (QED) is 0.725. The number of nitrogens with zero attached hydrogens (tertiary/aromatic N) is 5. The maximum Gasteiger partial charge on any atom is 0.242 e. The fourth-order valence-electron chi connectivity index (χ4n) is 3.46. The van der Waals surface area contributed by atoms with Crippen LogP contribution in [0.1, 0.15) is 6.92 Å². The molecule has 3 aromatic rings. The molecule has 0 atom stereocenters.